The first-order valence-electron chi connectivity index (χ1n) is 10.3. The summed E-state index contributed by atoms with van der Waals surface area (Å²) in [5.41, 5.74) is 1.79. The number of hydrogen-bond acceptors (Lipinski definition) is 5. The average Bonchev–Trinajstić information content (AvgIpc) is 3.22. The van der Waals surface area contributed by atoms with Gasteiger partial charge in [0.05, 0.1) is 11.8 Å². The van der Waals surface area contributed by atoms with E-state index in [-0.39, 0.29) is 23.6 Å². The molecule has 0 aliphatic carbocycles. The summed E-state index contributed by atoms with van der Waals surface area (Å²) in [6, 6.07) is 18.8. The van der Waals surface area contributed by atoms with Gasteiger partial charge in [-0.25, -0.2) is 0 Å². The fraction of sp³-hybridized carbons (Fsp3) is 0.304. The number of nitrogens with one attached hydrogen (secondary N) is 2. The van der Waals surface area contributed by atoms with E-state index in [0.717, 1.165) is 6.42 Å². The van der Waals surface area contributed by atoms with E-state index in [0.29, 0.717) is 29.6 Å². The number of rotatable bonds is 10. The van der Waals surface area contributed by atoms with Crippen molar-refractivity contribution in [1.82, 2.24) is 25.4 Å². The molecule has 31 heavy (non-hydrogen) atoms. The third-order valence-corrected chi connectivity index (χ3v) is 5.71. The van der Waals surface area contributed by atoms with E-state index in [1.54, 1.807) is 12.1 Å². The van der Waals surface area contributed by atoms with Gasteiger partial charge in [-0.2, -0.15) is 0 Å². The van der Waals surface area contributed by atoms with Crippen molar-refractivity contribution in [3.8, 4) is 0 Å². The zero-order valence-corrected chi connectivity index (χ0v) is 18.6. The lowest BCUT2D eigenvalue weighted by atomic mass is 10.1. The second-order valence-electron chi connectivity index (χ2n) is 7.02. The van der Waals surface area contributed by atoms with Crippen molar-refractivity contribution in [3.05, 3.63) is 77.6 Å². The summed E-state index contributed by atoms with van der Waals surface area (Å²) in [6.07, 6.45) is 0.797. The third-order valence-electron chi connectivity index (χ3n) is 4.74. The average molecular weight is 438 g/mol. The van der Waals surface area contributed by atoms with Crippen LogP contribution in [0.25, 0.3) is 0 Å². The topological polar surface area (TPSA) is 88.9 Å². The summed E-state index contributed by atoms with van der Waals surface area (Å²) in [7, 11) is 0. The molecular weight excluding hydrogens is 410 g/mol. The highest BCUT2D eigenvalue weighted by Crippen LogP contribution is 2.20. The van der Waals surface area contributed by atoms with Crippen LogP contribution in [0.4, 0.5) is 0 Å². The summed E-state index contributed by atoms with van der Waals surface area (Å²) >= 11 is 1.34. The van der Waals surface area contributed by atoms with Gasteiger partial charge in [0, 0.05) is 18.7 Å². The first-order valence-corrected chi connectivity index (χ1v) is 11.3. The fourth-order valence-corrected chi connectivity index (χ4v) is 3.97. The van der Waals surface area contributed by atoms with Gasteiger partial charge in [0.1, 0.15) is 0 Å². The van der Waals surface area contributed by atoms with E-state index in [4.69, 9.17) is 0 Å². The van der Waals surface area contributed by atoms with E-state index in [2.05, 4.69) is 20.8 Å². The van der Waals surface area contributed by atoms with Crippen LogP contribution >= 0.6 is 11.8 Å². The summed E-state index contributed by atoms with van der Waals surface area (Å²) in [5.74, 6) is 0.723. The molecule has 2 aromatic carbocycles. The molecule has 0 radical (unpaired) electrons. The first kappa shape index (κ1) is 22.6. The van der Waals surface area contributed by atoms with Gasteiger partial charge in [-0.1, -0.05) is 60.3 Å². The van der Waals surface area contributed by atoms with Crippen molar-refractivity contribution in [2.75, 3.05) is 12.3 Å². The number of thioether (sulfide) groups is 1. The Morgan fingerprint density at radius 1 is 1.03 bits per heavy atom. The van der Waals surface area contributed by atoms with Crippen LogP contribution in [0.2, 0.25) is 0 Å². The maximum Gasteiger partial charge on any atom is 0.251 e. The van der Waals surface area contributed by atoms with Gasteiger partial charge < -0.3 is 15.2 Å². The molecule has 3 rings (SSSR count). The molecule has 0 aliphatic rings. The van der Waals surface area contributed by atoms with Crippen LogP contribution < -0.4 is 10.6 Å². The van der Waals surface area contributed by atoms with Gasteiger partial charge in [-0.15, -0.1) is 10.2 Å². The van der Waals surface area contributed by atoms with Crippen LogP contribution in [-0.2, 0) is 17.8 Å². The molecule has 0 fully saturated rings. The molecule has 2 amide bonds. The molecule has 0 unspecified atom stereocenters. The number of nitrogens with zero attached hydrogens (tertiary/aromatic N) is 3. The molecule has 0 saturated heterocycles. The Morgan fingerprint density at radius 2 is 1.71 bits per heavy atom. The Morgan fingerprint density at radius 3 is 2.39 bits per heavy atom. The quantitative estimate of drug-likeness (QED) is 0.476. The van der Waals surface area contributed by atoms with Crippen LogP contribution in [0.3, 0.4) is 0 Å². The second kappa shape index (κ2) is 11.3. The van der Waals surface area contributed by atoms with Crippen molar-refractivity contribution in [3.63, 3.8) is 0 Å². The molecule has 1 heterocycles. The minimum absolute atomic E-state index is 0.0430. The monoisotopic (exact) mass is 437 g/mol. The van der Waals surface area contributed by atoms with E-state index in [9.17, 15) is 9.59 Å². The van der Waals surface area contributed by atoms with Gasteiger partial charge in [0.15, 0.2) is 11.0 Å². The SMILES string of the molecule is CCn1c(SCC(=O)NCCc2ccccc2)nnc1[C@@H](C)NC(=O)c1ccccc1. The first-order chi connectivity index (χ1) is 15.1. The molecular formula is C23H27N5O2S. The van der Waals surface area contributed by atoms with Gasteiger partial charge in [-0.3, -0.25) is 9.59 Å². The van der Waals surface area contributed by atoms with Gasteiger partial charge in [-0.05, 0) is 38.0 Å². The Balaban J connectivity index is 1.52. The van der Waals surface area contributed by atoms with Crippen LogP contribution in [0.15, 0.2) is 65.8 Å². The lowest BCUT2D eigenvalue weighted by Crippen LogP contribution is -2.29. The molecule has 7 nitrogen and oxygen atoms in total. The number of carbonyl (C=O) groups excluding carboxylic acids is 2. The molecule has 1 atom stereocenters. The van der Waals surface area contributed by atoms with Crippen molar-refractivity contribution in [1.29, 1.82) is 0 Å². The van der Waals surface area contributed by atoms with E-state index in [1.165, 1.54) is 17.3 Å². The predicted octanol–water partition coefficient (Wildman–Crippen LogP) is 3.24. The highest BCUT2D eigenvalue weighted by Gasteiger charge is 2.20. The van der Waals surface area contributed by atoms with Crippen molar-refractivity contribution in [2.24, 2.45) is 0 Å². The van der Waals surface area contributed by atoms with Crippen LogP contribution in [0.1, 0.15) is 41.6 Å². The highest BCUT2D eigenvalue weighted by molar-refractivity contribution is 7.99. The molecule has 8 heteroatoms. The van der Waals surface area contributed by atoms with E-state index in [1.807, 2.05) is 66.9 Å². The van der Waals surface area contributed by atoms with Crippen LogP contribution in [0.5, 0.6) is 0 Å². The Kier molecular flexibility index (Phi) is 8.23. The predicted molar refractivity (Wildman–Crippen MR) is 122 cm³/mol. The maximum atomic E-state index is 12.4. The number of hydrogen-bond donors (Lipinski definition) is 2. The minimum Gasteiger partial charge on any atom is -0.355 e. The van der Waals surface area contributed by atoms with Gasteiger partial charge in [0.25, 0.3) is 5.91 Å². The minimum atomic E-state index is -0.311. The molecule has 162 valence electrons. The van der Waals surface area contributed by atoms with Crippen LogP contribution in [-0.4, -0.2) is 38.9 Å². The summed E-state index contributed by atoms with van der Waals surface area (Å²) in [6.45, 7) is 5.11. The van der Waals surface area contributed by atoms with Crippen molar-refractivity contribution < 1.29 is 9.59 Å². The van der Waals surface area contributed by atoms with E-state index < -0.39 is 0 Å². The Bertz CT molecular complexity index is 992. The Labute approximate surface area is 186 Å². The molecule has 3 aromatic rings. The second-order valence-corrected chi connectivity index (χ2v) is 7.96. The van der Waals surface area contributed by atoms with E-state index >= 15 is 0 Å². The molecule has 0 saturated carbocycles. The number of aromatic nitrogens is 3. The fourth-order valence-electron chi connectivity index (χ4n) is 3.13. The van der Waals surface area contributed by atoms with Crippen LogP contribution in [0, 0.1) is 0 Å². The summed E-state index contributed by atoms with van der Waals surface area (Å²) in [4.78, 5) is 24.6. The largest absolute Gasteiger partial charge is 0.355 e. The Hall–Kier alpha value is -3.13. The highest BCUT2D eigenvalue weighted by atomic mass is 32.2. The summed E-state index contributed by atoms with van der Waals surface area (Å²) in [5, 5.41) is 15.1. The standard InChI is InChI=1S/C23H27N5O2S/c1-3-28-21(17(2)25-22(30)19-12-8-5-9-13-19)26-27-23(28)31-16-20(29)24-15-14-18-10-6-4-7-11-18/h4-13,17H,3,14-16H2,1-2H3,(H,24,29)(H,25,30)/t17-/m1/s1. The third kappa shape index (κ3) is 6.42. The van der Waals surface area contributed by atoms with Gasteiger partial charge >= 0.3 is 0 Å². The lowest BCUT2D eigenvalue weighted by Gasteiger charge is -2.15. The maximum absolute atomic E-state index is 12.4. The number of carbonyl (C=O) groups is 2. The number of amides is 2. The zero-order chi connectivity index (χ0) is 22.1. The normalized spacial score (nSPS) is 11.7. The number of benzene rings is 2. The summed E-state index contributed by atoms with van der Waals surface area (Å²) < 4.78 is 1.93. The smallest absolute Gasteiger partial charge is 0.251 e. The lowest BCUT2D eigenvalue weighted by molar-refractivity contribution is -0.118. The molecule has 0 bridgehead atoms. The van der Waals surface area contributed by atoms with Crippen molar-refractivity contribution in [2.45, 2.75) is 38.0 Å². The van der Waals surface area contributed by atoms with Gasteiger partial charge in [0.2, 0.25) is 5.91 Å². The molecule has 0 aliphatic heterocycles. The zero-order valence-electron chi connectivity index (χ0n) is 17.7. The molecule has 1 aromatic heterocycles. The molecule has 2 N–H and O–H groups in total. The van der Waals surface area contributed by atoms with Crippen molar-refractivity contribution >= 4 is 23.6 Å². The molecule has 0 spiro atoms.